The SMILES string of the molecule is c1ccc(-c2nc(-c3ccccc3)nc(-c3ccc4c(c3)c3c5c6ccccc6n6c7ccccc7c(cc3n4-c3ccccc3)c56)n2)cc1. The van der Waals surface area contributed by atoms with Crippen molar-refractivity contribution in [2.24, 2.45) is 0 Å². The molecule has 0 bridgehead atoms. The highest BCUT2D eigenvalue weighted by molar-refractivity contribution is 6.35. The minimum atomic E-state index is 0.646. The summed E-state index contributed by atoms with van der Waals surface area (Å²) in [4.78, 5) is 15.1. The molecule has 50 heavy (non-hydrogen) atoms. The third-order valence-corrected chi connectivity index (χ3v) is 10.1. The Morgan fingerprint density at radius 2 is 0.880 bits per heavy atom. The van der Waals surface area contributed by atoms with Gasteiger partial charge in [-0.3, -0.25) is 0 Å². The third-order valence-electron chi connectivity index (χ3n) is 10.1. The zero-order valence-corrected chi connectivity index (χ0v) is 26.8. The van der Waals surface area contributed by atoms with Crippen molar-refractivity contribution in [3.63, 3.8) is 0 Å². The first-order valence-electron chi connectivity index (χ1n) is 16.9. The molecular weight excluding hydrogens is 611 g/mol. The maximum absolute atomic E-state index is 5.09. The third kappa shape index (κ3) is 3.80. The molecule has 7 aromatic carbocycles. The molecule has 0 N–H and O–H groups in total. The van der Waals surface area contributed by atoms with Crippen molar-refractivity contribution in [2.45, 2.75) is 0 Å². The molecule has 0 aliphatic heterocycles. The lowest BCUT2D eigenvalue weighted by molar-refractivity contribution is 1.07. The molecule has 5 nitrogen and oxygen atoms in total. The van der Waals surface area contributed by atoms with Gasteiger partial charge in [0.15, 0.2) is 17.5 Å². The Morgan fingerprint density at radius 3 is 1.54 bits per heavy atom. The van der Waals surface area contributed by atoms with E-state index in [1.807, 2.05) is 60.7 Å². The topological polar surface area (TPSA) is 48.0 Å². The largest absolute Gasteiger partial charge is 0.309 e. The summed E-state index contributed by atoms with van der Waals surface area (Å²) >= 11 is 0. The number of benzene rings is 7. The highest BCUT2D eigenvalue weighted by Gasteiger charge is 2.24. The average Bonchev–Trinajstić information content (AvgIpc) is 3.83. The van der Waals surface area contributed by atoms with Gasteiger partial charge in [0.1, 0.15) is 0 Å². The molecule has 0 unspecified atom stereocenters. The summed E-state index contributed by atoms with van der Waals surface area (Å²) in [6, 6.07) is 57.6. The summed E-state index contributed by atoms with van der Waals surface area (Å²) in [5.41, 5.74) is 10.00. The second kappa shape index (κ2) is 10.3. The second-order valence-corrected chi connectivity index (χ2v) is 12.9. The fourth-order valence-corrected chi connectivity index (χ4v) is 7.95. The van der Waals surface area contributed by atoms with Crippen LogP contribution in [0.25, 0.3) is 99.8 Å². The van der Waals surface area contributed by atoms with Crippen molar-refractivity contribution in [2.75, 3.05) is 0 Å². The lowest BCUT2D eigenvalue weighted by Crippen LogP contribution is -2.00. The Morgan fingerprint density at radius 1 is 0.340 bits per heavy atom. The van der Waals surface area contributed by atoms with Gasteiger partial charge in [0.05, 0.1) is 27.6 Å². The Hall–Kier alpha value is -6.85. The lowest BCUT2D eigenvalue weighted by atomic mass is 10.0. The van der Waals surface area contributed by atoms with E-state index in [1.165, 1.54) is 49.0 Å². The van der Waals surface area contributed by atoms with Crippen molar-refractivity contribution in [3.05, 3.63) is 164 Å². The summed E-state index contributed by atoms with van der Waals surface area (Å²) in [5, 5.41) is 7.43. The van der Waals surface area contributed by atoms with E-state index in [2.05, 4.69) is 112 Å². The van der Waals surface area contributed by atoms with Crippen LogP contribution in [0.3, 0.4) is 0 Å². The van der Waals surface area contributed by atoms with Gasteiger partial charge in [0.2, 0.25) is 0 Å². The summed E-state index contributed by atoms with van der Waals surface area (Å²) in [7, 11) is 0. The first-order chi connectivity index (χ1) is 24.8. The maximum Gasteiger partial charge on any atom is 0.164 e. The molecule has 11 aromatic rings. The van der Waals surface area contributed by atoms with Crippen LogP contribution in [-0.4, -0.2) is 23.9 Å². The first-order valence-corrected chi connectivity index (χ1v) is 16.9. The van der Waals surface area contributed by atoms with Crippen molar-refractivity contribution < 1.29 is 0 Å². The highest BCUT2D eigenvalue weighted by Crippen LogP contribution is 2.47. The highest BCUT2D eigenvalue weighted by atomic mass is 15.0. The Kier molecular flexibility index (Phi) is 5.60. The number of aromatic nitrogens is 5. The van der Waals surface area contributed by atoms with E-state index in [9.17, 15) is 0 Å². The van der Waals surface area contributed by atoms with E-state index in [0.29, 0.717) is 17.5 Å². The predicted molar refractivity (Wildman–Crippen MR) is 205 cm³/mol. The average molecular weight is 638 g/mol. The minimum absolute atomic E-state index is 0.646. The smallest absolute Gasteiger partial charge is 0.164 e. The fraction of sp³-hybridized carbons (Fsp3) is 0. The van der Waals surface area contributed by atoms with Crippen LogP contribution >= 0.6 is 0 Å². The van der Waals surface area contributed by atoms with Gasteiger partial charge in [-0.25, -0.2) is 15.0 Å². The van der Waals surface area contributed by atoms with E-state index in [-0.39, 0.29) is 0 Å². The Bertz CT molecular complexity index is 3010. The minimum Gasteiger partial charge on any atom is -0.309 e. The predicted octanol–water partition coefficient (Wildman–Crippen LogP) is 11.1. The molecule has 4 heterocycles. The van der Waals surface area contributed by atoms with Crippen LogP contribution in [0.5, 0.6) is 0 Å². The zero-order chi connectivity index (χ0) is 32.8. The molecular formula is C45H27N5. The van der Waals surface area contributed by atoms with Crippen LogP contribution < -0.4 is 0 Å². The molecule has 5 heteroatoms. The van der Waals surface area contributed by atoms with Gasteiger partial charge in [0, 0.05) is 54.7 Å². The van der Waals surface area contributed by atoms with E-state index in [1.54, 1.807) is 0 Å². The first kappa shape index (κ1) is 27.1. The molecule has 0 spiro atoms. The molecule has 0 aliphatic carbocycles. The van der Waals surface area contributed by atoms with Gasteiger partial charge in [-0.1, -0.05) is 115 Å². The number of hydrogen-bond acceptors (Lipinski definition) is 3. The van der Waals surface area contributed by atoms with Crippen LogP contribution in [0, 0.1) is 0 Å². The van der Waals surface area contributed by atoms with Crippen molar-refractivity contribution >= 4 is 59.9 Å². The van der Waals surface area contributed by atoms with Gasteiger partial charge >= 0.3 is 0 Å². The molecule has 232 valence electrons. The molecule has 0 fully saturated rings. The van der Waals surface area contributed by atoms with Crippen molar-refractivity contribution in [1.29, 1.82) is 0 Å². The molecule has 0 radical (unpaired) electrons. The molecule has 0 atom stereocenters. The lowest BCUT2D eigenvalue weighted by Gasteiger charge is -2.09. The van der Waals surface area contributed by atoms with Crippen LogP contribution in [0.15, 0.2) is 164 Å². The summed E-state index contributed by atoms with van der Waals surface area (Å²) in [6.07, 6.45) is 0. The van der Waals surface area contributed by atoms with E-state index >= 15 is 0 Å². The monoisotopic (exact) mass is 637 g/mol. The van der Waals surface area contributed by atoms with Gasteiger partial charge in [0.25, 0.3) is 0 Å². The Labute approximate surface area is 286 Å². The van der Waals surface area contributed by atoms with Crippen LogP contribution in [0.2, 0.25) is 0 Å². The second-order valence-electron chi connectivity index (χ2n) is 12.9. The van der Waals surface area contributed by atoms with Crippen molar-refractivity contribution in [3.8, 4) is 39.9 Å². The van der Waals surface area contributed by atoms with E-state index in [4.69, 9.17) is 15.0 Å². The van der Waals surface area contributed by atoms with E-state index in [0.717, 1.165) is 33.3 Å². The maximum atomic E-state index is 5.09. The number of para-hydroxylation sites is 3. The van der Waals surface area contributed by atoms with Gasteiger partial charge in [-0.15, -0.1) is 0 Å². The molecule has 0 amide bonds. The number of rotatable bonds is 4. The van der Waals surface area contributed by atoms with Gasteiger partial charge < -0.3 is 8.97 Å². The molecule has 4 aromatic heterocycles. The van der Waals surface area contributed by atoms with Gasteiger partial charge in [-0.05, 0) is 48.5 Å². The fourth-order valence-electron chi connectivity index (χ4n) is 7.95. The summed E-state index contributed by atoms with van der Waals surface area (Å²) in [5.74, 6) is 1.95. The molecule has 0 saturated carbocycles. The number of hydrogen-bond donors (Lipinski definition) is 0. The summed E-state index contributed by atoms with van der Waals surface area (Å²) < 4.78 is 4.87. The molecule has 11 rings (SSSR count). The molecule has 0 saturated heterocycles. The van der Waals surface area contributed by atoms with Crippen LogP contribution in [-0.2, 0) is 0 Å². The number of fused-ring (bicyclic) bond motifs is 10. The normalized spacial score (nSPS) is 12.0. The zero-order valence-electron chi connectivity index (χ0n) is 26.8. The van der Waals surface area contributed by atoms with E-state index < -0.39 is 0 Å². The van der Waals surface area contributed by atoms with Gasteiger partial charge in [-0.2, -0.15) is 0 Å². The van der Waals surface area contributed by atoms with Crippen molar-refractivity contribution in [1.82, 2.24) is 23.9 Å². The van der Waals surface area contributed by atoms with Crippen LogP contribution in [0.1, 0.15) is 0 Å². The quantitative estimate of drug-likeness (QED) is 0.193. The Balaban J connectivity index is 1.28. The van der Waals surface area contributed by atoms with Crippen LogP contribution in [0.4, 0.5) is 0 Å². The molecule has 0 aliphatic rings. The standard InChI is InChI=1S/C45H27N5/c1-4-14-28(15-5-1)43-46-44(29-16-6-2-7-17-29)48-45(47-43)30-24-25-38-35(26-30)40-39(49(38)31-18-8-3-9-19-31)27-34-32-20-10-12-22-36(32)50-37-23-13-11-21-33(37)41(40)42(34)50/h1-27H. The summed E-state index contributed by atoms with van der Waals surface area (Å²) in [6.45, 7) is 0. The number of nitrogens with zero attached hydrogens (tertiary/aromatic N) is 5.